The maximum Gasteiger partial charge on any atom is 0.186 e. The van der Waals surface area contributed by atoms with Gasteiger partial charge in [0.05, 0.1) is 5.69 Å². The van der Waals surface area contributed by atoms with E-state index in [-0.39, 0.29) is 0 Å². The van der Waals surface area contributed by atoms with Gasteiger partial charge in [-0.25, -0.2) is 4.98 Å². The van der Waals surface area contributed by atoms with Crippen molar-refractivity contribution in [3.8, 4) is 0 Å². The van der Waals surface area contributed by atoms with Crippen LogP contribution in [-0.4, -0.2) is 24.1 Å². The van der Waals surface area contributed by atoms with Crippen molar-refractivity contribution in [3.63, 3.8) is 0 Å². The molecule has 4 heteroatoms. The summed E-state index contributed by atoms with van der Waals surface area (Å²) in [6.45, 7) is 12.3. The molecule has 1 N–H and O–H groups in total. The second-order valence-electron chi connectivity index (χ2n) is 6.50. The molecule has 0 aromatic carbocycles. The summed E-state index contributed by atoms with van der Waals surface area (Å²) in [6, 6.07) is 0.700. The average molecular weight is 310 g/mol. The second-order valence-corrected chi connectivity index (χ2v) is 7.56. The van der Waals surface area contributed by atoms with Crippen LogP contribution >= 0.6 is 11.3 Å². The van der Waals surface area contributed by atoms with Crippen molar-refractivity contribution in [1.82, 2.24) is 10.3 Å². The Kier molecular flexibility index (Phi) is 6.49. The molecule has 1 unspecified atom stereocenters. The van der Waals surface area contributed by atoms with E-state index in [9.17, 15) is 0 Å². The van der Waals surface area contributed by atoms with Gasteiger partial charge in [0, 0.05) is 24.0 Å². The van der Waals surface area contributed by atoms with Gasteiger partial charge < -0.3 is 10.2 Å². The third-order valence-corrected chi connectivity index (χ3v) is 5.42. The first-order chi connectivity index (χ1) is 10.2. The molecule has 1 fully saturated rings. The summed E-state index contributed by atoms with van der Waals surface area (Å²) in [5.74, 6) is 0.703. The number of aromatic nitrogens is 1. The van der Waals surface area contributed by atoms with Crippen LogP contribution in [0.15, 0.2) is 0 Å². The molecule has 1 aromatic heterocycles. The highest BCUT2D eigenvalue weighted by molar-refractivity contribution is 7.15. The molecule has 0 bridgehead atoms. The highest BCUT2D eigenvalue weighted by Crippen LogP contribution is 2.32. The molecule has 1 aliphatic rings. The van der Waals surface area contributed by atoms with Crippen LogP contribution in [0.3, 0.4) is 0 Å². The van der Waals surface area contributed by atoms with E-state index < -0.39 is 0 Å². The molecule has 120 valence electrons. The van der Waals surface area contributed by atoms with Gasteiger partial charge in [-0.3, -0.25) is 0 Å². The lowest BCUT2D eigenvalue weighted by Gasteiger charge is -2.35. The highest BCUT2D eigenvalue weighted by Gasteiger charge is 2.24. The number of thiazole rings is 1. The van der Waals surface area contributed by atoms with E-state index in [2.05, 4.69) is 37.9 Å². The van der Waals surface area contributed by atoms with Gasteiger partial charge in [-0.15, -0.1) is 11.3 Å². The number of piperidine rings is 1. The number of nitrogens with zero attached hydrogens (tertiary/aromatic N) is 2. The minimum absolute atomic E-state index is 0.700. The number of rotatable bonds is 7. The zero-order chi connectivity index (χ0) is 15.2. The largest absolute Gasteiger partial charge is 0.345 e. The smallest absolute Gasteiger partial charge is 0.186 e. The number of aryl methyl sites for hydroxylation is 1. The summed E-state index contributed by atoms with van der Waals surface area (Å²) in [5, 5.41) is 4.83. The summed E-state index contributed by atoms with van der Waals surface area (Å²) >= 11 is 1.91. The third-order valence-electron chi connectivity index (χ3n) is 4.28. The molecule has 1 atom stereocenters. The Morgan fingerprint density at radius 3 is 2.81 bits per heavy atom. The van der Waals surface area contributed by atoms with Crippen molar-refractivity contribution in [3.05, 3.63) is 10.6 Å². The Labute approximate surface area is 134 Å². The van der Waals surface area contributed by atoms with Gasteiger partial charge in [0.1, 0.15) is 0 Å². The van der Waals surface area contributed by atoms with E-state index in [4.69, 9.17) is 4.98 Å². The first-order valence-electron chi connectivity index (χ1n) is 8.61. The van der Waals surface area contributed by atoms with Crippen LogP contribution in [0.4, 0.5) is 5.13 Å². The zero-order valence-corrected chi connectivity index (χ0v) is 14.9. The number of hydrogen-bond acceptors (Lipinski definition) is 4. The Morgan fingerprint density at radius 1 is 1.33 bits per heavy atom. The number of hydrogen-bond donors (Lipinski definition) is 1. The predicted octanol–water partition coefficient (Wildman–Crippen LogP) is 4.22. The fraction of sp³-hybridized carbons (Fsp3) is 0.824. The molecule has 1 aliphatic heterocycles. The van der Waals surface area contributed by atoms with Crippen molar-refractivity contribution in [2.75, 3.05) is 18.0 Å². The SMILES string of the molecule is CCc1nc(N2CCCCC2CC)sc1CNCC(C)C. The van der Waals surface area contributed by atoms with Crippen LogP contribution in [0.5, 0.6) is 0 Å². The van der Waals surface area contributed by atoms with Gasteiger partial charge in [-0.1, -0.05) is 27.7 Å². The van der Waals surface area contributed by atoms with Gasteiger partial charge in [0.25, 0.3) is 0 Å². The van der Waals surface area contributed by atoms with Crippen LogP contribution in [-0.2, 0) is 13.0 Å². The lowest BCUT2D eigenvalue weighted by Crippen LogP contribution is -2.39. The Balaban J connectivity index is 2.07. The van der Waals surface area contributed by atoms with Crippen LogP contribution in [0.25, 0.3) is 0 Å². The monoisotopic (exact) mass is 309 g/mol. The first-order valence-corrected chi connectivity index (χ1v) is 9.43. The predicted molar refractivity (Wildman–Crippen MR) is 93.3 cm³/mol. The van der Waals surface area contributed by atoms with Crippen molar-refractivity contribution < 1.29 is 0 Å². The van der Waals surface area contributed by atoms with Gasteiger partial charge in [-0.2, -0.15) is 0 Å². The quantitative estimate of drug-likeness (QED) is 0.817. The maximum absolute atomic E-state index is 4.95. The normalized spacial score (nSPS) is 19.5. The van der Waals surface area contributed by atoms with Gasteiger partial charge >= 0.3 is 0 Å². The third kappa shape index (κ3) is 4.43. The van der Waals surface area contributed by atoms with Crippen molar-refractivity contribution >= 4 is 16.5 Å². The molecule has 0 spiro atoms. The summed E-state index contributed by atoms with van der Waals surface area (Å²) in [6.07, 6.45) is 6.31. The first kappa shape index (κ1) is 16.8. The summed E-state index contributed by atoms with van der Waals surface area (Å²) < 4.78 is 0. The van der Waals surface area contributed by atoms with Gasteiger partial charge in [0.15, 0.2) is 5.13 Å². The lowest BCUT2D eigenvalue weighted by molar-refractivity contribution is 0.449. The minimum atomic E-state index is 0.700. The maximum atomic E-state index is 4.95. The topological polar surface area (TPSA) is 28.2 Å². The number of anilines is 1. The molecule has 3 nitrogen and oxygen atoms in total. The fourth-order valence-electron chi connectivity index (χ4n) is 3.06. The molecule has 2 rings (SSSR count). The fourth-order valence-corrected chi connectivity index (χ4v) is 4.27. The van der Waals surface area contributed by atoms with Gasteiger partial charge in [-0.05, 0) is 44.6 Å². The summed E-state index contributed by atoms with van der Waals surface area (Å²) in [7, 11) is 0. The molecule has 0 amide bonds. The van der Waals surface area contributed by atoms with E-state index in [1.807, 2.05) is 11.3 Å². The van der Waals surface area contributed by atoms with Crippen molar-refractivity contribution in [2.45, 2.75) is 72.4 Å². The van der Waals surface area contributed by atoms with E-state index >= 15 is 0 Å². The highest BCUT2D eigenvalue weighted by atomic mass is 32.1. The molecular formula is C17H31N3S. The van der Waals surface area contributed by atoms with E-state index in [1.54, 1.807) is 0 Å². The molecule has 21 heavy (non-hydrogen) atoms. The zero-order valence-electron chi connectivity index (χ0n) is 14.1. The van der Waals surface area contributed by atoms with Crippen molar-refractivity contribution in [2.24, 2.45) is 5.92 Å². The second kappa shape index (κ2) is 8.14. The molecule has 1 saturated heterocycles. The molecule has 1 aromatic rings. The van der Waals surface area contributed by atoms with Gasteiger partial charge in [0.2, 0.25) is 0 Å². The van der Waals surface area contributed by atoms with E-state index in [1.165, 1.54) is 47.9 Å². The minimum Gasteiger partial charge on any atom is -0.345 e. The molecule has 2 heterocycles. The Bertz CT molecular complexity index is 428. The molecule has 0 saturated carbocycles. The summed E-state index contributed by atoms with van der Waals surface area (Å²) in [5.41, 5.74) is 1.30. The van der Waals surface area contributed by atoms with Crippen molar-refractivity contribution in [1.29, 1.82) is 0 Å². The number of nitrogens with one attached hydrogen (secondary N) is 1. The molecule has 0 radical (unpaired) electrons. The summed E-state index contributed by atoms with van der Waals surface area (Å²) in [4.78, 5) is 8.96. The average Bonchev–Trinajstić information content (AvgIpc) is 2.90. The lowest BCUT2D eigenvalue weighted by atomic mass is 10.0. The standard InChI is InChI=1S/C17H31N3S/c1-5-14-9-7-8-10-20(14)17-19-15(6-2)16(21-17)12-18-11-13(3)4/h13-14,18H,5-12H2,1-4H3. The van der Waals surface area contributed by atoms with Crippen LogP contribution in [0, 0.1) is 5.92 Å². The Morgan fingerprint density at radius 2 is 2.14 bits per heavy atom. The van der Waals surface area contributed by atoms with Crippen LogP contribution < -0.4 is 10.2 Å². The van der Waals surface area contributed by atoms with Crippen LogP contribution in [0.1, 0.15) is 63.9 Å². The Hall–Kier alpha value is -0.610. The van der Waals surface area contributed by atoms with Crippen LogP contribution in [0.2, 0.25) is 0 Å². The molecular weight excluding hydrogens is 278 g/mol. The molecule has 0 aliphatic carbocycles. The van der Waals surface area contributed by atoms with E-state index in [0.29, 0.717) is 12.0 Å². The van der Waals surface area contributed by atoms with E-state index in [0.717, 1.165) is 19.5 Å².